The Morgan fingerprint density at radius 2 is 2.27 bits per heavy atom. The molecule has 1 fully saturated rings. The Morgan fingerprint density at radius 1 is 1.41 bits per heavy atom. The summed E-state index contributed by atoms with van der Waals surface area (Å²) in [4.78, 5) is 25.6. The van der Waals surface area contributed by atoms with E-state index < -0.39 is 0 Å². The zero-order valence-electron chi connectivity index (χ0n) is 12.5. The quantitative estimate of drug-likeness (QED) is 0.778. The second-order valence-corrected chi connectivity index (χ2v) is 5.64. The molecule has 6 heteroatoms. The molecule has 2 aliphatic rings. The summed E-state index contributed by atoms with van der Waals surface area (Å²) < 4.78 is 5.41. The molecule has 0 aliphatic carbocycles. The molecule has 1 atom stereocenters. The van der Waals surface area contributed by atoms with E-state index in [2.05, 4.69) is 10.6 Å². The van der Waals surface area contributed by atoms with Gasteiger partial charge in [0.1, 0.15) is 5.75 Å². The van der Waals surface area contributed by atoms with E-state index in [-0.39, 0.29) is 24.3 Å². The van der Waals surface area contributed by atoms with Crippen molar-refractivity contribution in [1.82, 2.24) is 10.6 Å². The van der Waals surface area contributed by atoms with Crippen LogP contribution in [-0.4, -0.2) is 44.6 Å². The van der Waals surface area contributed by atoms with E-state index >= 15 is 0 Å². The molecular formula is C16H21N3O3. The molecule has 0 radical (unpaired) electrons. The first-order chi connectivity index (χ1) is 10.8. The van der Waals surface area contributed by atoms with Crippen molar-refractivity contribution in [2.75, 3.05) is 37.7 Å². The van der Waals surface area contributed by atoms with Gasteiger partial charge in [-0.1, -0.05) is 12.1 Å². The molecule has 0 saturated carbocycles. The lowest BCUT2D eigenvalue weighted by Gasteiger charge is -2.29. The molecule has 0 bridgehead atoms. The van der Waals surface area contributed by atoms with Crippen molar-refractivity contribution in [1.29, 1.82) is 0 Å². The highest BCUT2D eigenvalue weighted by Gasteiger charge is 2.25. The van der Waals surface area contributed by atoms with E-state index in [9.17, 15) is 9.59 Å². The second kappa shape index (κ2) is 6.79. The van der Waals surface area contributed by atoms with Crippen LogP contribution in [0.3, 0.4) is 0 Å². The Kier molecular flexibility index (Phi) is 4.58. The van der Waals surface area contributed by atoms with E-state index in [1.807, 2.05) is 24.3 Å². The van der Waals surface area contributed by atoms with Crippen LogP contribution < -0.4 is 20.3 Å². The summed E-state index contributed by atoms with van der Waals surface area (Å²) in [6.07, 6.45) is 1.63. The number of amides is 2. The van der Waals surface area contributed by atoms with Crippen LogP contribution in [0.2, 0.25) is 0 Å². The maximum atomic E-state index is 12.0. The van der Waals surface area contributed by atoms with Crippen LogP contribution in [0.1, 0.15) is 12.8 Å². The molecule has 2 N–H and O–H groups in total. The highest BCUT2D eigenvalue weighted by atomic mass is 16.5. The van der Waals surface area contributed by atoms with Gasteiger partial charge in [-0.2, -0.15) is 0 Å². The number of fused-ring (bicyclic) bond motifs is 1. The zero-order chi connectivity index (χ0) is 15.4. The molecule has 0 spiro atoms. The molecule has 3 rings (SSSR count). The third-order valence-corrected chi connectivity index (χ3v) is 4.10. The number of ether oxygens (including phenoxy) is 1. The molecule has 1 aromatic rings. The normalized spacial score (nSPS) is 20.5. The number of anilines is 1. The van der Waals surface area contributed by atoms with Gasteiger partial charge < -0.3 is 20.3 Å². The molecule has 6 nitrogen and oxygen atoms in total. The molecule has 2 aliphatic heterocycles. The molecule has 0 aromatic heterocycles. The maximum Gasteiger partial charge on any atom is 0.265 e. The van der Waals surface area contributed by atoms with Crippen LogP contribution in [0.15, 0.2) is 24.3 Å². The van der Waals surface area contributed by atoms with E-state index in [0.29, 0.717) is 13.1 Å². The molecule has 1 unspecified atom stereocenters. The largest absolute Gasteiger partial charge is 0.482 e. The molecule has 2 heterocycles. The lowest BCUT2D eigenvalue weighted by Crippen LogP contribution is -2.41. The van der Waals surface area contributed by atoms with Gasteiger partial charge in [0.25, 0.3) is 5.91 Å². The third kappa shape index (κ3) is 3.22. The predicted molar refractivity (Wildman–Crippen MR) is 82.9 cm³/mol. The average molecular weight is 303 g/mol. The number of rotatable bonds is 5. The monoisotopic (exact) mass is 303 g/mol. The van der Waals surface area contributed by atoms with Crippen molar-refractivity contribution in [3.8, 4) is 5.75 Å². The summed E-state index contributed by atoms with van der Waals surface area (Å²) in [6.45, 7) is 2.93. The smallest absolute Gasteiger partial charge is 0.265 e. The topological polar surface area (TPSA) is 70.7 Å². The Bertz CT molecular complexity index is 555. The first kappa shape index (κ1) is 14.8. The lowest BCUT2D eigenvalue weighted by atomic mass is 10.1. The molecule has 22 heavy (non-hydrogen) atoms. The Morgan fingerprint density at radius 3 is 3.09 bits per heavy atom. The zero-order valence-corrected chi connectivity index (χ0v) is 12.5. The number of nitrogens with zero attached hydrogens (tertiary/aromatic N) is 1. The summed E-state index contributed by atoms with van der Waals surface area (Å²) in [6, 6.07) is 7.53. The fourth-order valence-corrected chi connectivity index (χ4v) is 2.87. The van der Waals surface area contributed by atoms with Crippen LogP contribution in [-0.2, 0) is 9.59 Å². The number of para-hydroxylation sites is 2. The van der Waals surface area contributed by atoms with Gasteiger partial charge in [-0.15, -0.1) is 0 Å². The minimum Gasteiger partial charge on any atom is -0.482 e. The SMILES string of the molecule is O=C(NCCCN1C(=O)COc2ccccc21)C1CCNC1. The van der Waals surface area contributed by atoms with E-state index in [0.717, 1.165) is 37.4 Å². The van der Waals surface area contributed by atoms with E-state index in [4.69, 9.17) is 4.74 Å². The number of carbonyl (C=O) groups excluding carboxylic acids is 2. The predicted octanol–water partition coefficient (Wildman–Crippen LogP) is 0.528. The second-order valence-electron chi connectivity index (χ2n) is 5.64. The van der Waals surface area contributed by atoms with Gasteiger partial charge in [0, 0.05) is 19.6 Å². The standard InChI is InChI=1S/C16H21N3O3/c20-15-11-22-14-5-2-1-4-13(14)19(15)9-3-7-18-16(21)12-6-8-17-10-12/h1-2,4-5,12,17H,3,6-11H2,(H,18,21). The van der Waals surface area contributed by atoms with Crippen LogP contribution in [0, 0.1) is 5.92 Å². The highest BCUT2D eigenvalue weighted by Crippen LogP contribution is 2.31. The van der Waals surface area contributed by atoms with Gasteiger partial charge in [-0.3, -0.25) is 9.59 Å². The summed E-state index contributed by atoms with van der Waals surface area (Å²) in [7, 11) is 0. The maximum absolute atomic E-state index is 12.0. The fraction of sp³-hybridized carbons (Fsp3) is 0.500. The Balaban J connectivity index is 1.49. The van der Waals surface area contributed by atoms with Gasteiger partial charge >= 0.3 is 0 Å². The van der Waals surface area contributed by atoms with Crippen molar-refractivity contribution in [2.24, 2.45) is 5.92 Å². The van der Waals surface area contributed by atoms with Gasteiger partial charge in [0.2, 0.25) is 5.91 Å². The van der Waals surface area contributed by atoms with E-state index in [1.54, 1.807) is 4.90 Å². The summed E-state index contributed by atoms with van der Waals surface area (Å²) in [5, 5.41) is 6.14. The molecule has 1 saturated heterocycles. The average Bonchev–Trinajstić information content (AvgIpc) is 3.07. The number of carbonyl (C=O) groups is 2. The van der Waals surface area contributed by atoms with Crippen molar-refractivity contribution in [2.45, 2.75) is 12.8 Å². The van der Waals surface area contributed by atoms with Crippen LogP contribution in [0.5, 0.6) is 5.75 Å². The van der Waals surface area contributed by atoms with E-state index in [1.165, 1.54) is 0 Å². The van der Waals surface area contributed by atoms with Crippen molar-refractivity contribution in [3.63, 3.8) is 0 Å². The molecule has 1 aromatic carbocycles. The molecule has 2 amide bonds. The first-order valence-corrected chi connectivity index (χ1v) is 7.76. The Labute approximate surface area is 129 Å². The highest BCUT2D eigenvalue weighted by molar-refractivity contribution is 5.97. The number of hydrogen-bond acceptors (Lipinski definition) is 4. The minimum absolute atomic E-state index is 0.0370. The number of hydrogen-bond donors (Lipinski definition) is 2. The fourth-order valence-electron chi connectivity index (χ4n) is 2.87. The van der Waals surface area contributed by atoms with Crippen molar-refractivity contribution in [3.05, 3.63) is 24.3 Å². The number of nitrogens with one attached hydrogen (secondary N) is 2. The van der Waals surface area contributed by atoms with Gasteiger partial charge in [0.15, 0.2) is 6.61 Å². The number of benzene rings is 1. The van der Waals surface area contributed by atoms with Crippen molar-refractivity contribution < 1.29 is 14.3 Å². The van der Waals surface area contributed by atoms with Gasteiger partial charge in [-0.05, 0) is 31.5 Å². The van der Waals surface area contributed by atoms with Crippen LogP contribution in [0.25, 0.3) is 0 Å². The third-order valence-electron chi connectivity index (χ3n) is 4.10. The first-order valence-electron chi connectivity index (χ1n) is 7.76. The lowest BCUT2D eigenvalue weighted by molar-refractivity contribution is -0.124. The molecular weight excluding hydrogens is 282 g/mol. The summed E-state index contributed by atoms with van der Waals surface area (Å²) in [5.41, 5.74) is 0.810. The summed E-state index contributed by atoms with van der Waals surface area (Å²) in [5.74, 6) is 0.901. The van der Waals surface area contributed by atoms with Crippen molar-refractivity contribution >= 4 is 17.5 Å². The Hall–Kier alpha value is -2.08. The minimum atomic E-state index is -0.0370. The van der Waals surface area contributed by atoms with Gasteiger partial charge in [-0.25, -0.2) is 0 Å². The van der Waals surface area contributed by atoms with Crippen LogP contribution >= 0.6 is 0 Å². The summed E-state index contributed by atoms with van der Waals surface area (Å²) >= 11 is 0. The molecule has 118 valence electrons. The van der Waals surface area contributed by atoms with Crippen LogP contribution in [0.4, 0.5) is 5.69 Å². The van der Waals surface area contributed by atoms with Gasteiger partial charge in [0.05, 0.1) is 11.6 Å².